The van der Waals surface area contributed by atoms with E-state index in [0.717, 1.165) is 50.1 Å². The summed E-state index contributed by atoms with van der Waals surface area (Å²) in [4.78, 5) is 49.7. The minimum absolute atomic E-state index is 0.0471. The van der Waals surface area contributed by atoms with Gasteiger partial charge >= 0.3 is 0 Å². The van der Waals surface area contributed by atoms with Gasteiger partial charge in [0.2, 0.25) is 17.6 Å². The Hall–Kier alpha value is -2.86. The summed E-state index contributed by atoms with van der Waals surface area (Å²) in [5.41, 5.74) is 0.905. The highest BCUT2D eigenvalue weighted by atomic mass is 32.1. The van der Waals surface area contributed by atoms with E-state index in [4.69, 9.17) is 14.5 Å². The van der Waals surface area contributed by atoms with E-state index in [1.54, 1.807) is 43.8 Å². The number of aromatic nitrogens is 1. The standard InChI is InChI=1S/C31H43N5O5S/c1-4-41-24-14-22-16-36(31(39)28(34-27(37)15-32-2)20-8-6-5-7-9-20)26(18-35(22)17-24)30-33-25(19-42-30)29(38)21-10-12-23(40-3)13-11-21/h10-13,19-20,22,24,26,28,32H,4-9,14-18H2,1-3H3,(H,34,37). The second-order valence-corrected chi connectivity index (χ2v) is 12.4. The lowest BCUT2D eigenvalue weighted by atomic mass is 9.83. The lowest BCUT2D eigenvalue weighted by Gasteiger charge is -2.45. The number of ether oxygens (including phenoxy) is 2. The number of nitrogens with zero attached hydrogens (tertiary/aromatic N) is 3. The molecule has 1 aromatic carbocycles. The molecule has 2 N–H and O–H groups in total. The zero-order valence-electron chi connectivity index (χ0n) is 24.8. The third kappa shape index (κ3) is 6.85. The van der Waals surface area contributed by atoms with Crippen molar-refractivity contribution in [2.24, 2.45) is 5.92 Å². The first kappa shape index (κ1) is 30.6. The van der Waals surface area contributed by atoms with E-state index in [2.05, 4.69) is 15.5 Å². The largest absolute Gasteiger partial charge is 0.497 e. The number of benzene rings is 1. The molecule has 1 aliphatic carbocycles. The molecule has 0 bridgehead atoms. The Morgan fingerprint density at radius 2 is 1.86 bits per heavy atom. The molecule has 0 radical (unpaired) electrons. The number of carbonyl (C=O) groups is 3. The first-order valence-electron chi connectivity index (χ1n) is 15.2. The van der Waals surface area contributed by atoms with E-state index in [0.29, 0.717) is 36.7 Å². The maximum atomic E-state index is 14.5. The molecule has 228 valence electrons. The van der Waals surface area contributed by atoms with Gasteiger partial charge < -0.3 is 25.0 Å². The summed E-state index contributed by atoms with van der Waals surface area (Å²) in [6, 6.07) is 6.29. The van der Waals surface area contributed by atoms with Crippen molar-refractivity contribution in [3.8, 4) is 5.75 Å². The average Bonchev–Trinajstić information content (AvgIpc) is 3.66. The number of hydrogen-bond acceptors (Lipinski definition) is 9. The molecule has 3 heterocycles. The van der Waals surface area contributed by atoms with Gasteiger partial charge in [-0.05, 0) is 63.4 Å². The van der Waals surface area contributed by atoms with Gasteiger partial charge in [0.25, 0.3) is 0 Å². The topological polar surface area (TPSA) is 113 Å². The predicted molar refractivity (Wildman–Crippen MR) is 161 cm³/mol. The van der Waals surface area contributed by atoms with Crippen LogP contribution in [0.5, 0.6) is 5.75 Å². The molecule has 1 saturated carbocycles. The molecular formula is C31H43N5O5S. The van der Waals surface area contributed by atoms with Gasteiger partial charge in [0.05, 0.1) is 25.8 Å². The number of fused-ring (bicyclic) bond motifs is 1. The molecule has 0 spiro atoms. The zero-order chi connectivity index (χ0) is 29.6. The fourth-order valence-corrected chi connectivity index (χ4v) is 7.59. The second kappa shape index (κ2) is 14.1. The molecule has 42 heavy (non-hydrogen) atoms. The minimum Gasteiger partial charge on any atom is -0.497 e. The summed E-state index contributed by atoms with van der Waals surface area (Å²) in [5.74, 6) is 0.407. The van der Waals surface area contributed by atoms with Gasteiger partial charge in [-0.3, -0.25) is 19.3 Å². The van der Waals surface area contributed by atoms with E-state index >= 15 is 0 Å². The fraction of sp³-hybridized carbons (Fsp3) is 0.613. The van der Waals surface area contributed by atoms with Gasteiger partial charge in [0.1, 0.15) is 22.5 Å². The molecule has 10 nitrogen and oxygen atoms in total. The van der Waals surface area contributed by atoms with Crippen LogP contribution < -0.4 is 15.4 Å². The van der Waals surface area contributed by atoms with Gasteiger partial charge in [-0.1, -0.05) is 19.3 Å². The van der Waals surface area contributed by atoms with E-state index < -0.39 is 6.04 Å². The number of ketones is 1. The lowest BCUT2D eigenvalue weighted by Crippen LogP contribution is -2.60. The van der Waals surface area contributed by atoms with Crippen molar-refractivity contribution in [2.75, 3.05) is 46.9 Å². The number of rotatable bonds is 11. The number of amides is 2. The van der Waals surface area contributed by atoms with Gasteiger partial charge in [0, 0.05) is 43.2 Å². The molecule has 5 rings (SSSR count). The third-order valence-electron chi connectivity index (χ3n) is 8.80. The molecule has 4 unspecified atom stereocenters. The normalized spacial score (nSPS) is 23.8. The minimum atomic E-state index is -0.579. The van der Waals surface area contributed by atoms with Gasteiger partial charge in [-0.2, -0.15) is 0 Å². The highest BCUT2D eigenvalue weighted by molar-refractivity contribution is 7.10. The molecule has 2 aliphatic heterocycles. The summed E-state index contributed by atoms with van der Waals surface area (Å²) in [5, 5.41) is 8.52. The van der Waals surface area contributed by atoms with Crippen molar-refractivity contribution in [3.63, 3.8) is 0 Å². The highest BCUT2D eigenvalue weighted by Gasteiger charge is 2.46. The van der Waals surface area contributed by atoms with E-state index in [1.165, 1.54) is 11.3 Å². The molecule has 3 aliphatic rings. The van der Waals surface area contributed by atoms with Crippen molar-refractivity contribution in [3.05, 3.63) is 45.9 Å². The number of carbonyl (C=O) groups excluding carboxylic acids is 3. The molecule has 1 aromatic heterocycles. The Bertz CT molecular complexity index is 1230. The Balaban J connectivity index is 1.43. The Morgan fingerprint density at radius 1 is 1.10 bits per heavy atom. The van der Waals surface area contributed by atoms with Crippen LogP contribution in [0.25, 0.3) is 0 Å². The van der Waals surface area contributed by atoms with Crippen LogP contribution in [0, 0.1) is 5.92 Å². The Kier molecular flexibility index (Phi) is 10.3. The van der Waals surface area contributed by atoms with Crippen molar-refractivity contribution in [2.45, 2.75) is 69.7 Å². The van der Waals surface area contributed by atoms with Crippen molar-refractivity contribution in [1.29, 1.82) is 0 Å². The molecular weight excluding hydrogens is 554 g/mol. The summed E-state index contributed by atoms with van der Waals surface area (Å²) in [7, 11) is 3.32. The molecule has 2 amide bonds. The zero-order valence-corrected chi connectivity index (χ0v) is 25.7. The third-order valence-corrected chi connectivity index (χ3v) is 9.74. The Labute approximate surface area is 252 Å². The number of nitrogens with one attached hydrogen (secondary N) is 2. The predicted octanol–water partition coefficient (Wildman–Crippen LogP) is 3.03. The first-order valence-corrected chi connectivity index (χ1v) is 16.0. The summed E-state index contributed by atoms with van der Waals surface area (Å²) in [6.45, 7) is 4.79. The van der Waals surface area contributed by atoms with E-state index in [1.807, 2.05) is 11.8 Å². The number of likely N-dealkylation sites (N-methyl/N-ethyl adjacent to an activating group) is 1. The SMILES string of the molecule is CCOC1CC2CN(C(=O)C(NC(=O)CNC)C3CCCCC3)C(c3nc(C(=O)c4ccc(OC)cc4)cs3)CN2C1. The van der Waals surface area contributed by atoms with Gasteiger partial charge in [0.15, 0.2) is 0 Å². The first-order chi connectivity index (χ1) is 20.4. The van der Waals surface area contributed by atoms with Crippen LogP contribution in [0.3, 0.4) is 0 Å². The van der Waals surface area contributed by atoms with Crippen LogP contribution in [0.15, 0.2) is 29.6 Å². The van der Waals surface area contributed by atoms with Crippen LogP contribution in [0.2, 0.25) is 0 Å². The summed E-state index contributed by atoms with van der Waals surface area (Å²) in [6.07, 6.45) is 6.13. The van der Waals surface area contributed by atoms with Crippen molar-refractivity contribution < 1.29 is 23.9 Å². The summed E-state index contributed by atoms with van der Waals surface area (Å²) >= 11 is 1.42. The van der Waals surface area contributed by atoms with Crippen LogP contribution in [0.1, 0.15) is 72.6 Å². The maximum absolute atomic E-state index is 14.5. The van der Waals surface area contributed by atoms with E-state index in [9.17, 15) is 14.4 Å². The average molecular weight is 598 g/mol. The fourth-order valence-electron chi connectivity index (χ4n) is 6.69. The monoisotopic (exact) mass is 597 g/mol. The number of piperazine rings is 1. The molecule has 11 heteroatoms. The number of thiazole rings is 1. The molecule has 4 atom stereocenters. The highest BCUT2D eigenvalue weighted by Crippen LogP contribution is 2.37. The number of hydrogen-bond donors (Lipinski definition) is 2. The molecule has 3 fully saturated rings. The van der Waals surface area contributed by atoms with Crippen molar-refractivity contribution >= 4 is 28.9 Å². The van der Waals surface area contributed by atoms with E-state index in [-0.39, 0.29) is 48.2 Å². The molecule has 2 aromatic rings. The quantitative estimate of drug-likeness (QED) is 0.380. The molecule has 2 saturated heterocycles. The van der Waals surface area contributed by atoms with Crippen LogP contribution >= 0.6 is 11.3 Å². The Morgan fingerprint density at radius 3 is 2.55 bits per heavy atom. The lowest BCUT2D eigenvalue weighted by molar-refractivity contribution is -0.144. The summed E-state index contributed by atoms with van der Waals surface area (Å²) < 4.78 is 11.2. The van der Waals surface area contributed by atoms with Crippen LogP contribution in [0.4, 0.5) is 0 Å². The van der Waals surface area contributed by atoms with Gasteiger partial charge in [-0.15, -0.1) is 11.3 Å². The number of methoxy groups -OCH3 is 1. The van der Waals surface area contributed by atoms with Crippen LogP contribution in [-0.4, -0.2) is 97.5 Å². The van der Waals surface area contributed by atoms with Crippen molar-refractivity contribution in [1.82, 2.24) is 25.4 Å². The maximum Gasteiger partial charge on any atom is 0.246 e. The van der Waals surface area contributed by atoms with Crippen LogP contribution in [-0.2, 0) is 14.3 Å². The second-order valence-electron chi connectivity index (χ2n) is 11.5. The van der Waals surface area contributed by atoms with Gasteiger partial charge in [-0.25, -0.2) is 4.98 Å². The smallest absolute Gasteiger partial charge is 0.246 e.